The van der Waals surface area contributed by atoms with Crippen LogP contribution in [-0.2, 0) is 14.9 Å². The Morgan fingerprint density at radius 2 is 2.38 bits per heavy atom. The van der Waals surface area contributed by atoms with Crippen molar-refractivity contribution in [1.82, 2.24) is 9.03 Å². The highest BCUT2D eigenvalue weighted by atomic mass is 32.2. The predicted octanol–water partition coefficient (Wildman–Crippen LogP) is 0.0470. The van der Waals surface area contributed by atoms with Crippen LogP contribution in [0.25, 0.3) is 0 Å². The van der Waals surface area contributed by atoms with Crippen molar-refractivity contribution in [2.45, 2.75) is 24.6 Å². The van der Waals surface area contributed by atoms with E-state index in [9.17, 15) is 8.42 Å². The highest BCUT2D eigenvalue weighted by Gasteiger charge is 2.39. The van der Waals surface area contributed by atoms with Gasteiger partial charge in [0.1, 0.15) is 0 Å². The average Bonchev–Trinajstić information content (AvgIpc) is 2.28. The van der Waals surface area contributed by atoms with Gasteiger partial charge >= 0.3 is 0 Å². The summed E-state index contributed by atoms with van der Waals surface area (Å²) in [5.41, 5.74) is 0. The maximum atomic E-state index is 12.0. The lowest BCUT2D eigenvalue weighted by atomic mass is 10.1. The molecule has 2 aliphatic rings. The third-order valence-electron chi connectivity index (χ3n) is 2.92. The van der Waals surface area contributed by atoms with Gasteiger partial charge < -0.3 is 4.74 Å². The number of hydrogen-bond acceptors (Lipinski definition) is 4. The van der Waals surface area contributed by atoms with E-state index in [0.29, 0.717) is 31.6 Å². The molecule has 2 fully saturated rings. The van der Waals surface area contributed by atoms with E-state index in [1.807, 2.05) is 11.8 Å². The zero-order valence-electron chi connectivity index (χ0n) is 9.39. The zero-order chi connectivity index (χ0) is 11.6. The van der Waals surface area contributed by atoms with E-state index in [1.165, 1.54) is 0 Å². The molecule has 0 amide bonds. The molecule has 2 heterocycles. The van der Waals surface area contributed by atoms with Crippen molar-refractivity contribution >= 4 is 22.0 Å². The topological polar surface area (TPSA) is 58.6 Å². The number of hydrogen-bond donors (Lipinski definition) is 1. The molecule has 0 saturated carbocycles. The van der Waals surface area contributed by atoms with E-state index < -0.39 is 10.2 Å². The minimum atomic E-state index is -3.29. The van der Waals surface area contributed by atoms with Crippen molar-refractivity contribution < 1.29 is 13.2 Å². The van der Waals surface area contributed by atoms with Crippen molar-refractivity contribution in [2.75, 3.05) is 32.1 Å². The molecule has 0 aromatic heterocycles. The number of rotatable bonds is 3. The van der Waals surface area contributed by atoms with Crippen LogP contribution in [0.15, 0.2) is 0 Å². The third-order valence-corrected chi connectivity index (χ3v) is 5.94. The van der Waals surface area contributed by atoms with Gasteiger partial charge in [0, 0.05) is 36.7 Å². The van der Waals surface area contributed by atoms with E-state index >= 15 is 0 Å². The molecule has 2 atom stereocenters. The lowest BCUT2D eigenvalue weighted by Gasteiger charge is -2.42. The first-order valence-corrected chi connectivity index (χ1v) is 8.10. The van der Waals surface area contributed by atoms with Crippen LogP contribution >= 0.6 is 11.8 Å². The van der Waals surface area contributed by atoms with E-state index in [4.69, 9.17) is 4.74 Å². The third kappa shape index (κ3) is 2.53. The van der Waals surface area contributed by atoms with Crippen LogP contribution in [0.2, 0.25) is 0 Å². The van der Waals surface area contributed by atoms with Crippen LogP contribution in [0, 0.1) is 0 Å². The molecular formula is C9H18N2O3S2. The standard InChI is InChI=1S/C9H18N2O3S2/c1-2-10-16(12,13)11-4-6-15-9-7-14-5-3-8(9)11/h8-10H,2-7H2,1H3. The number of ether oxygens (including phenoxy) is 1. The summed E-state index contributed by atoms with van der Waals surface area (Å²) in [5.74, 6) is 0.856. The van der Waals surface area contributed by atoms with Crippen molar-refractivity contribution in [3.05, 3.63) is 0 Å². The maximum absolute atomic E-state index is 12.0. The zero-order valence-corrected chi connectivity index (χ0v) is 11.0. The number of nitrogens with one attached hydrogen (secondary N) is 1. The van der Waals surface area contributed by atoms with Crippen LogP contribution in [-0.4, -0.2) is 56.1 Å². The largest absolute Gasteiger partial charge is 0.380 e. The Hall–Kier alpha value is 0.180. The Morgan fingerprint density at radius 3 is 3.12 bits per heavy atom. The summed E-state index contributed by atoms with van der Waals surface area (Å²) in [6.07, 6.45) is 0.808. The summed E-state index contributed by atoms with van der Waals surface area (Å²) in [6, 6.07) is 0.108. The fourth-order valence-electron chi connectivity index (χ4n) is 2.21. The second-order valence-corrected chi connectivity index (χ2v) is 7.01. The highest BCUT2D eigenvalue weighted by molar-refractivity contribution is 8.00. The van der Waals surface area contributed by atoms with E-state index in [-0.39, 0.29) is 6.04 Å². The number of nitrogens with zero attached hydrogens (tertiary/aromatic N) is 1. The van der Waals surface area contributed by atoms with Gasteiger partial charge in [-0.2, -0.15) is 24.5 Å². The average molecular weight is 266 g/mol. The van der Waals surface area contributed by atoms with Gasteiger partial charge in [-0.15, -0.1) is 0 Å². The smallest absolute Gasteiger partial charge is 0.279 e. The van der Waals surface area contributed by atoms with Crippen molar-refractivity contribution in [1.29, 1.82) is 0 Å². The molecule has 2 saturated heterocycles. The predicted molar refractivity (Wildman–Crippen MR) is 64.8 cm³/mol. The second kappa shape index (κ2) is 5.22. The Balaban J connectivity index is 2.13. The van der Waals surface area contributed by atoms with Crippen molar-refractivity contribution in [3.63, 3.8) is 0 Å². The SMILES string of the molecule is CCNS(=O)(=O)N1CCSC2COCCC21. The summed E-state index contributed by atoms with van der Waals surface area (Å²) in [7, 11) is -3.29. The van der Waals surface area contributed by atoms with Gasteiger partial charge in [-0.1, -0.05) is 6.92 Å². The van der Waals surface area contributed by atoms with Gasteiger partial charge in [0.15, 0.2) is 0 Å². The molecular weight excluding hydrogens is 248 g/mol. The first-order valence-electron chi connectivity index (χ1n) is 5.61. The normalized spacial score (nSPS) is 32.3. The summed E-state index contributed by atoms with van der Waals surface area (Å²) < 4.78 is 33.6. The van der Waals surface area contributed by atoms with Crippen LogP contribution < -0.4 is 4.72 Å². The molecule has 2 rings (SSSR count). The lowest BCUT2D eigenvalue weighted by molar-refractivity contribution is 0.0622. The lowest BCUT2D eigenvalue weighted by Crippen LogP contribution is -2.56. The van der Waals surface area contributed by atoms with E-state index in [1.54, 1.807) is 11.2 Å². The number of thioether (sulfide) groups is 1. The summed E-state index contributed by atoms with van der Waals surface area (Å²) >= 11 is 1.83. The van der Waals surface area contributed by atoms with Crippen LogP contribution in [0.4, 0.5) is 0 Å². The second-order valence-electron chi connectivity index (χ2n) is 3.95. The molecule has 2 aliphatic heterocycles. The molecule has 0 aromatic rings. The minimum absolute atomic E-state index is 0.108. The van der Waals surface area contributed by atoms with Gasteiger partial charge in [-0.3, -0.25) is 0 Å². The van der Waals surface area contributed by atoms with Gasteiger partial charge in [-0.05, 0) is 6.42 Å². The summed E-state index contributed by atoms with van der Waals surface area (Å²) in [4.78, 5) is 0. The first-order chi connectivity index (χ1) is 7.65. The van der Waals surface area contributed by atoms with Gasteiger partial charge in [-0.25, -0.2) is 4.72 Å². The quantitative estimate of drug-likeness (QED) is 0.784. The van der Waals surface area contributed by atoms with Crippen molar-refractivity contribution in [2.24, 2.45) is 0 Å². The first kappa shape index (κ1) is 12.6. The fourth-order valence-corrected chi connectivity index (χ4v) is 5.18. The van der Waals surface area contributed by atoms with E-state index in [2.05, 4.69) is 4.72 Å². The van der Waals surface area contributed by atoms with Gasteiger partial charge in [0.05, 0.1) is 6.61 Å². The Kier molecular flexibility index (Phi) is 4.12. The minimum Gasteiger partial charge on any atom is -0.380 e. The van der Waals surface area contributed by atoms with Crippen molar-refractivity contribution in [3.8, 4) is 0 Å². The molecule has 5 nitrogen and oxygen atoms in total. The molecule has 7 heteroatoms. The maximum Gasteiger partial charge on any atom is 0.279 e. The van der Waals surface area contributed by atoms with Gasteiger partial charge in [0.25, 0.3) is 10.2 Å². The molecule has 0 bridgehead atoms. The molecule has 1 N–H and O–H groups in total. The van der Waals surface area contributed by atoms with Gasteiger partial charge in [0.2, 0.25) is 0 Å². The van der Waals surface area contributed by atoms with Crippen LogP contribution in [0.1, 0.15) is 13.3 Å². The Bertz CT molecular complexity index is 332. The fraction of sp³-hybridized carbons (Fsp3) is 1.00. The molecule has 94 valence electrons. The molecule has 0 aromatic carbocycles. The van der Waals surface area contributed by atoms with Crippen LogP contribution in [0.3, 0.4) is 0 Å². The van der Waals surface area contributed by atoms with Crippen LogP contribution in [0.5, 0.6) is 0 Å². The van der Waals surface area contributed by atoms with E-state index in [0.717, 1.165) is 12.2 Å². The molecule has 16 heavy (non-hydrogen) atoms. The Morgan fingerprint density at radius 1 is 1.56 bits per heavy atom. The molecule has 0 radical (unpaired) electrons. The molecule has 0 aliphatic carbocycles. The molecule has 2 unspecified atom stereocenters. The monoisotopic (exact) mass is 266 g/mol. The number of fused-ring (bicyclic) bond motifs is 1. The highest BCUT2D eigenvalue weighted by Crippen LogP contribution is 2.31. The molecule has 0 spiro atoms. The Labute approximate surface area is 101 Å². The summed E-state index contributed by atoms with van der Waals surface area (Å²) in [5, 5.41) is 0.302. The summed E-state index contributed by atoms with van der Waals surface area (Å²) in [6.45, 7) is 4.20.